The highest BCUT2D eigenvalue weighted by molar-refractivity contribution is 7.98. The van der Waals surface area contributed by atoms with Gasteiger partial charge in [0.2, 0.25) is 11.8 Å². The molecule has 0 aromatic carbocycles. The zero-order valence-corrected chi connectivity index (χ0v) is 13.8. The third-order valence-corrected chi connectivity index (χ3v) is 4.18. The molecule has 0 bridgehead atoms. The zero-order chi connectivity index (χ0) is 16.9. The van der Waals surface area contributed by atoms with Gasteiger partial charge in [-0.1, -0.05) is 11.8 Å². The molecule has 3 rings (SSSR count). The number of nitrogens with zero attached hydrogens (tertiary/aromatic N) is 5. The lowest BCUT2D eigenvalue weighted by atomic mass is 10.3. The molecule has 0 radical (unpaired) electrons. The Labute approximate surface area is 141 Å². The van der Waals surface area contributed by atoms with Crippen molar-refractivity contribution >= 4 is 17.7 Å². The first kappa shape index (κ1) is 16.2. The van der Waals surface area contributed by atoms with Gasteiger partial charge in [-0.2, -0.15) is 0 Å². The quantitative estimate of drug-likeness (QED) is 0.609. The highest BCUT2D eigenvalue weighted by Gasteiger charge is 2.15. The third kappa shape index (κ3) is 3.65. The van der Waals surface area contributed by atoms with Crippen LogP contribution in [0, 0.1) is 0 Å². The Hall–Kier alpha value is -2.62. The molecule has 3 heterocycles. The van der Waals surface area contributed by atoms with E-state index in [2.05, 4.69) is 20.4 Å². The summed E-state index contributed by atoms with van der Waals surface area (Å²) in [4.78, 5) is 10.9. The van der Waals surface area contributed by atoms with Crippen LogP contribution in [0.5, 0.6) is 0 Å². The van der Waals surface area contributed by atoms with Crippen LogP contribution in [0.1, 0.15) is 25.1 Å². The fourth-order valence-corrected chi connectivity index (χ4v) is 2.96. The molecule has 3 aromatic rings. The number of aromatic nitrogens is 5. The Kier molecular flexibility index (Phi) is 4.94. The maximum Gasteiger partial charge on any atom is 0.283 e. The van der Waals surface area contributed by atoms with Gasteiger partial charge in [0, 0.05) is 19.4 Å². The fourth-order valence-electron chi connectivity index (χ4n) is 2.10. The molecule has 0 aliphatic heterocycles. The molecule has 0 fully saturated rings. The van der Waals surface area contributed by atoms with Crippen LogP contribution < -0.4 is 5.73 Å². The van der Waals surface area contributed by atoms with Crippen molar-refractivity contribution < 1.29 is 13.6 Å². The maximum atomic E-state index is 10.9. The van der Waals surface area contributed by atoms with Crippen molar-refractivity contribution in [1.82, 2.24) is 25.0 Å². The lowest BCUT2D eigenvalue weighted by Crippen LogP contribution is -2.13. The first-order chi connectivity index (χ1) is 11.7. The van der Waals surface area contributed by atoms with E-state index in [9.17, 15) is 4.79 Å². The van der Waals surface area contributed by atoms with Gasteiger partial charge in [-0.25, -0.2) is 0 Å². The van der Waals surface area contributed by atoms with E-state index in [1.165, 1.54) is 11.8 Å². The number of thioether (sulfide) groups is 1. The van der Waals surface area contributed by atoms with E-state index in [4.69, 9.17) is 14.6 Å². The molecule has 0 atom stereocenters. The van der Waals surface area contributed by atoms with Crippen molar-refractivity contribution in [3.8, 4) is 11.7 Å². The second-order valence-electron chi connectivity index (χ2n) is 4.88. The van der Waals surface area contributed by atoms with Crippen molar-refractivity contribution in [3.05, 3.63) is 30.1 Å². The molecular weight excluding hydrogens is 332 g/mol. The molecule has 1 amide bonds. The summed E-state index contributed by atoms with van der Waals surface area (Å²) >= 11 is 1.44. The molecule has 0 spiro atoms. The Morgan fingerprint density at radius 3 is 2.92 bits per heavy atom. The van der Waals surface area contributed by atoms with E-state index >= 15 is 0 Å². The van der Waals surface area contributed by atoms with E-state index in [0.29, 0.717) is 36.3 Å². The summed E-state index contributed by atoms with van der Waals surface area (Å²) in [6.07, 6.45) is 2.27. The van der Waals surface area contributed by atoms with Crippen molar-refractivity contribution in [2.75, 3.05) is 0 Å². The van der Waals surface area contributed by atoms with Gasteiger partial charge in [-0.15, -0.1) is 20.4 Å². The van der Waals surface area contributed by atoms with Gasteiger partial charge < -0.3 is 19.1 Å². The van der Waals surface area contributed by atoms with Crippen LogP contribution in [0.2, 0.25) is 0 Å². The van der Waals surface area contributed by atoms with Gasteiger partial charge in [0.25, 0.3) is 5.89 Å². The van der Waals surface area contributed by atoms with Crippen LogP contribution in [0.3, 0.4) is 0 Å². The van der Waals surface area contributed by atoms with Crippen LogP contribution >= 0.6 is 11.8 Å². The number of furan rings is 1. The Morgan fingerprint density at radius 1 is 1.33 bits per heavy atom. The molecular formula is C14H16N6O3S. The number of carbonyl (C=O) groups is 1. The van der Waals surface area contributed by atoms with E-state index in [-0.39, 0.29) is 12.3 Å². The van der Waals surface area contributed by atoms with Crippen LogP contribution in [0.15, 0.2) is 32.4 Å². The third-order valence-electron chi connectivity index (χ3n) is 3.23. The Morgan fingerprint density at radius 2 is 2.21 bits per heavy atom. The molecule has 126 valence electrons. The summed E-state index contributed by atoms with van der Waals surface area (Å²) < 4.78 is 12.7. The highest BCUT2D eigenvalue weighted by atomic mass is 32.2. The van der Waals surface area contributed by atoms with Crippen molar-refractivity contribution in [2.24, 2.45) is 5.73 Å². The molecule has 0 saturated heterocycles. The molecule has 2 N–H and O–H groups in total. The molecule has 10 heteroatoms. The van der Waals surface area contributed by atoms with Gasteiger partial charge in [-0.3, -0.25) is 4.79 Å². The molecule has 0 aliphatic rings. The fraction of sp³-hybridized carbons (Fsp3) is 0.357. The highest BCUT2D eigenvalue weighted by Crippen LogP contribution is 2.24. The predicted octanol–water partition coefficient (Wildman–Crippen LogP) is 1.65. The molecule has 9 nitrogen and oxygen atoms in total. The summed E-state index contributed by atoms with van der Waals surface area (Å²) in [5, 5.41) is 16.9. The smallest absolute Gasteiger partial charge is 0.283 e. The SMILES string of the molecule is CCn1c(CCC(N)=O)nnc1SCc1nnc(-c2ccco2)o1. The largest absolute Gasteiger partial charge is 0.459 e. The standard InChI is InChI=1S/C14H16N6O3S/c1-2-20-11(6-5-10(15)21)16-19-14(20)24-8-12-17-18-13(23-12)9-4-3-7-22-9/h3-4,7H,2,5-6,8H2,1H3,(H2,15,21). The number of hydrogen-bond donors (Lipinski definition) is 1. The summed E-state index contributed by atoms with van der Waals surface area (Å²) in [5.41, 5.74) is 5.18. The molecule has 0 unspecified atom stereocenters. The summed E-state index contributed by atoms with van der Waals surface area (Å²) in [6, 6.07) is 3.51. The number of primary amides is 1. The van der Waals surface area contributed by atoms with Crippen LogP contribution in [0.4, 0.5) is 0 Å². The summed E-state index contributed by atoms with van der Waals surface area (Å²) in [6.45, 7) is 2.69. The first-order valence-electron chi connectivity index (χ1n) is 7.36. The molecule has 0 aliphatic carbocycles. The minimum atomic E-state index is -0.355. The lowest BCUT2D eigenvalue weighted by molar-refractivity contribution is -0.118. The number of aryl methyl sites for hydroxylation is 1. The lowest BCUT2D eigenvalue weighted by Gasteiger charge is -2.05. The van der Waals surface area contributed by atoms with E-state index in [1.54, 1.807) is 18.4 Å². The van der Waals surface area contributed by atoms with Crippen LogP contribution in [-0.2, 0) is 23.5 Å². The van der Waals surface area contributed by atoms with Crippen molar-refractivity contribution in [1.29, 1.82) is 0 Å². The summed E-state index contributed by atoms with van der Waals surface area (Å²) in [7, 11) is 0. The van der Waals surface area contributed by atoms with Crippen molar-refractivity contribution in [2.45, 2.75) is 37.2 Å². The van der Waals surface area contributed by atoms with E-state index in [1.807, 2.05) is 11.5 Å². The Balaban J connectivity index is 1.65. The second-order valence-corrected chi connectivity index (χ2v) is 5.82. The van der Waals surface area contributed by atoms with Gasteiger partial charge >= 0.3 is 0 Å². The topological polar surface area (TPSA) is 126 Å². The van der Waals surface area contributed by atoms with Crippen LogP contribution in [0.25, 0.3) is 11.7 Å². The monoisotopic (exact) mass is 348 g/mol. The molecule has 24 heavy (non-hydrogen) atoms. The average Bonchev–Trinajstić information content (AvgIpc) is 3.29. The zero-order valence-electron chi connectivity index (χ0n) is 13.0. The predicted molar refractivity (Wildman–Crippen MR) is 84.8 cm³/mol. The number of amides is 1. The second kappa shape index (κ2) is 7.30. The normalized spacial score (nSPS) is 11.0. The number of hydrogen-bond acceptors (Lipinski definition) is 8. The minimum Gasteiger partial charge on any atom is -0.459 e. The van der Waals surface area contributed by atoms with Gasteiger partial charge in [0.15, 0.2) is 10.9 Å². The number of nitrogens with two attached hydrogens (primary N) is 1. The van der Waals surface area contributed by atoms with Crippen molar-refractivity contribution in [3.63, 3.8) is 0 Å². The van der Waals surface area contributed by atoms with Gasteiger partial charge in [-0.05, 0) is 19.1 Å². The Bertz CT molecular complexity index is 810. The summed E-state index contributed by atoms with van der Waals surface area (Å²) in [5.74, 6) is 2.18. The van der Waals surface area contributed by atoms with E-state index in [0.717, 1.165) is 11.0 Å². The van der Waals surface area contributed by atoms with Gasteiger partial charge in [0.05, 0.1) is 12.0 Å². The number of carbonyl (C=O) groups excluding carboxylic acids is 1. The molecule has 0 saturated carbocycles. The minimum absolute atomic E-state index is 0.249. The maximum absolute atomic E-state index is 10.9. The van der Waals surface area contributed by atoms with Gasteiger partial charge in [0.1, 0.15) is 5.82 Å². The van der Waals surface area contributed by atoms with E-state index < -0.39 is 0 Å². The number of rotatable bonds is 8. The first-order valence-corrected chi connectivity index (χ1v) is 8.35. The molecule has 3 aromatic heterocycles. The van der Waals surface area contributed by atoms with Crippen LogP contribution in [-0.4, -0.2) is 30.9 Å². The average molecular weight is 348 g/mol.